The Morgan fingerprint density at radius 2 is 2.06 bits per heavy atom. The molecule has 1 unspecified atom stereocenters. The summed E-state index contributed by atoms with van der Waals surface area (Å²) in [5.41, 5.74) is 0. The van der Waals surface area contributed by atoms with Crippen molar-refractivity contribution in [1.82, 2.24) is 4.98 Å². The summed E-state index contributed by atoms with van der Waals surface area (Å²) in [6.07, 6.45) is 0.213. The predicted molar refractivity (Wildman–Crippen MR) is 69.4 cm³/mol. The molecule has 0 saturated carbocycles. The summed E-state index contributed by atoms with van der Waals surface area (Å²) < 4.78 is 4.85. The average molecular weight is 239 g/mol. The smallest absolute Gasteiger partial charge is 0.128 e. The van der Waals surface area contributed by atoms with Crippen LogP contribution < -0.4 is 10.6 Å². The molecule has 0 aliphatic heterocycles. The quantitative estimate of drug-likeness (QED) is 0.638. The molecule has 1 rings (SSSR count). The first-order valence-corrected chi connectivity index (χ1v) is 5.88. The fraction of sp³-hybridized carbons (Fsp3) is 0.583. The van der Waals surface area contributed by atoms with Crippen molar-refractivity contribution in [3.63, 3.8) is 0 Å². The van der Waals surface area contributed by atoms with E-state index in [-0.39, 0.29) is 0 Å². The maximum absolute atomic E-state index is 9.47. The number of pyridine rings is 1. The van der Waals surface area contributed by atoms with Crippen LogP contribution in [0.1, 0.15) is 13.3 Å². The van der Waals surface area contributed by atoms with E-state index in [0.29, 0.717) is 19.6 Å². The lowest BCUT2D eigenvalue weighted by Gasteiger charge is -2.11. The summed E-state index contributed by atoms with van der Waals surface area (Å²) in [5.74, 6) is 1.67. The van der Waals surface area contributed by atoms with Crippen LogP contribution in [0.2, 0.25) is 0 Å². The highest BCUT2D eigenvalue weighted by atomic mass is 16.5. The fourth-order valence-electron chi connectivity index (χ4n) is 1.46. The highest BCUT2D eigenvalue weighted by Gasteiger charge is 2.03. The topological polar surface area (TPSA) is 66.4 Å². The van der Waals surface area contributed by atoms with Gasteiger partial charge in [-0.3, -0.25) is 0 Å². The highest BCUT2D eigenvalue weighted by Crippen LogP contribution is 2.08. The number of rotatable bonds is 8. The van der Waals surface area contributed by atoms with Crippen molar-refractivity contribution in [1.29, 1.82) is 0 Å². The van der Waals surface area contributed by atoms with Gasteiger partial charge in [0, 0.05) is 20.2 Å². The number of aliphatic hydroxyl groups excluding tert-OH is 1. The first-order chi connectivity index (χ1) is 8.26. The van der Waals surface area contributed by atoms with Crippen LogP contribution in [0.5, 0.6) is 0 Å². The number of methoxy groups -OCH3 is 1. The maximum atomic E-state index is 9.47. The zero-order chi connectivity index (χ0) is 12.5. The molecule has 1 atom stereocenters. The second kappa shape index (κ2) is 7.86. The standard InChI is InChI=1S/C12H21N3O2/c1-3-13-11-5-4-6-12(15-11)14-8-7-10(16)9-17-2/h4-6,10,16H,3,7-9H2,1-2H3,(H2,13,14,15). The molecular formula is C12H21N3O2. The van der Waals surface area contributed by atoms with Gasteiger partial charge in [0.1, 0.15) is 11.6 Å². The lowest BCUT2D eigenvalue weighted by molar-refractivity contribution is 0.0615. The molecule has 0 aromatic carbocycles. The van der Waals surface area contributed by atoms with Gasteiger partial charge in [0.15, 0.2) is 0 Å². The van der Waals surface area contributed by atoms with E-state index >= 15 is 0 Å². The molecule has 3 N–H and O–H groups in total. The van der Waals surface area contributed by atoms with Gasteiger partial charge in [0.05, 0.1) is 12.7 Å². The largest absolute Gasteiger partial charge is 0.391 e. The molecule has 5 nitrogen and oxygen atoms in total. The van der Waals surface area contributed by atoms with Crippen molar-refractivity contribution in [3.8, 4) is 0 Å². The SMILES string of the molecule is CCNc1cccc(NCCC(O)COC)n1. The van der Waals surface area contributed by atoms with Crippen molar-refractivity contribution in [3.05, 3.63) is 18.2 Å². The van der Waals surface area contributed by atoms with E-state index in [1.54, 1.807) is 7.11 Å². The Balaban J connectivity index is 2.33. The second-order valence-electron chi connectivity index (χ2n) is 3.76. The van der Waals surface area contributed by atoms with Crippen molar-refractivity contribution < 1.29 is 9.84 Å². The first kappa shape index (κ1) is 13.7. The fourth-order valence-corrected chi connectivity index (χ4v) is 1.46. The summed E-state index contributed by atoms with van der Waals surface area (Å²) in [6, 6.07) is 5.77. The number of nitrogens with zero attached hydrogens (tertiary/aromatic N) is 1. The highest BCUT2D eigenvalue weighted by molar-refractivity contribution is 5.44. The number of hydrogen-bond donors (Lipinski definition) is 3. The molecule has 0 aliphatic carbocycles. The first-order valence-electron chi connectivity index (χ1n) is 5.88. The number of aliphatic hydroxyl groups is 1. The van der Waals surface area contributed by atoms with Gasteiger partial charge < -0.3 is 20.5 Å². The van der Waals surface area contributed by atoms with Crippen molar-refractivity contribution in [2.24, 2.45) is 0 Å². The summed E-state index contributed by atoms with van der Waals surface area (Å²) in [5, 5.41) is 15.8. The lowest BCUT2D eigenvalue weighted by Crippen LogP contribution is -2.18. The molecule has 1 aromatic heterocycles. The molecule has 17 heavy (non-hydrogen) atoms. The molecule has 96 valence electrons. The molecule has 0 amide bonds. The van der Waals surface area contributed by atoms with Gasteiger partial charge in [-0.2, -0.15) is 0 Å². The third-order valence-electron chi connectivity index (χ3n) is 2.25. The minimum absolute atomic E-state index is 0.368. The van der Waals surface area contributed by atoms with Crippen LogP contribution in [0.25, 0.3) is 0 Å². The Morgan fingerprint density at radius 1 is 1.35 bits per heavy atom. The molecular weight excluding hydrogens is 218 g/mol. The summed E-state index contributed by atoms with van der Waals surface area (Å²) in [7, 11) is 1.58. The van der Waals surface area contributed by atoms with Crippen molar-refractivity contribution >= 4 is 11.6 Å². The van der Waals surface area contributed by atoms with E-state index in [1.807, 2.05) is 25.1 Å². The minimum atomic E-state index is -0.426. The third-order valence-corrected chi connectivity index (χ3v) is 2.25. The van der Waals surface area contributed by atoms with E-state index in [0.717, 1.165) is 18.2 Å². The number of aromatic nitrogens is 1. The van der Waals surface area contributed by atoms with Crippen LogP contribution in [0.15, 0.2) is 18.2 Å². The molecule has 5 heteroatoms. The van der Waals surface area contributed by atoms with Crippen molar-refractivity contribution in [2.45, 2.75) is 19.4 Å². The molecule has 1 heterocycles. The number of nitrogens with one attached hydrogen (secondary N) is 2. The number of ether oxygens (including phenoxy) is 1. The van der Waals surface area contributed by atoms with Crippen LogP contribution in [0.3, 0.4) is 0 Å². The number of hydrogen-bond acceptors (Lipinski definition) is 5. The molecule has 1 aromatic rings. The number of anilines is 2. The van der Waals surface area contributed by atoms with Gasteiger partial charge in [-0.05, 0) is 25.5 Å². The Morgan fingerprint density at radius 3 is 2.71 bits per heavy atom. The van der Waals surface area contributed by atoms with Gasteiger partial charge >= 0.3 is 0 Å². The second-order valence-corrected chi connectivity index (χ2v) is 3.76. The maximum Gasteiger partial charge on any atom is 0.128 e. The summed E-state index contributed by atoms with van der Waals surface area (Å²) in [6.45, 7) is 3.92. The van der Waals surface area contributed by atoms with Gasteiger partial charge in [0.2, 0.25) is 0 Å². The molecule has 0 aliphatic rings. The molecule has 0 radical (unpaired) electrons. The van der Waals surface area contributed by atoms with Crippen LogP contribution in [-0.4, -0.2) is 43.0 Å². The van der Waals surface area contributed by atoms with Gasteiger partial charge in [-0.1, -0.05) is 6.07 Å². The zero-order valence-corrected chi connectivity index (χ0v) is 10.4. The predicted octanol–water partition coefficient (Wildman–Crippen LogP) is 1.32. The Bertz CT molecular complexity index is 320. The van der Waals surface area contributed by atoms with Crippen LogP contribution >= 0.6 is 0 Å². The molecule has 0 bridgehead atoms. The Hall–Kier alpha value is -1.33. The van der Waals surface area contributed by atoms with E-state index in [4.69, 9.17) is 4.74 Å². The zero-order valence-electron chi connectivity index (χ0n) is 10.4. The van der Waals surface area contributed by atoms with Crippen LogP contribution in [0, 0.1) is 0 Å². The molecule has 0 spiro atoms. The van der Waals surface area contributed by atoms with E-state index < -0.39 is 6.10 Å². The van der Waals surface area contributed by atoms with Gasteiger partial charge in [-0.25, -0.2) is 4.98 Å². The van der Waals surface area contributed by atoms with Crippen LogP contribution in [0.4, 0.5) is 11.6 Å². The van der Waals surface area contributed by atoms with E-state index in [1.165, 1.54) is 0 Å². The van der Waals surface area contributed by atoms with Gasteiger partial charge in [0.25, 0.3) is 0 Å². The molecule has 0 fully saturated rings. The van der Waals surface area contributed by atoms with Crippen LogP contribution in [-0.2, 0) is 4.74 Å². The van der Waals surface area contributed by atoms with Gasteiger partial charge in [-0.15, -0.1) is 0 Å². The third kappa shape index (κ3) is 5.51. The normalized spacial score (nSPS) is 12.2. The van der Waals surface area contributed by atoms with E-state index in [2.05, 4.69) is 15.6 Å². The minimum Gasteiger partial charge on any atom is -0.391 e. The molecule has 0 saturated heterocycles. The monoisotopic (exact) mass is 239 g/mol. The Kier molecular flexibility index (Phi) is 6.35. The summed E-state index contributed by atoms with van der Waals surface area (Å²) >= 11 is 0. The average Bonchev–Trinajstić information content (AvgIpc) is 2.30. The summed E-state index contributed by atoms with van der Waals surface area (Å²) in [4.78, 5) is 4.37. The van der Waals surface area contributed by atoms with E-state index in [9.17, 15) is 5.11 Å². The lowest BCUT2D eigenvalue weighted by atomic mass is 10.2. The Labute approximate surface area is 102 Å². The van der Waals surface area contributed by atoms with Crippen molar-refractivity contribution in [2.75, 3.05) is 37.4 Å².